The second kappa shape index (κ2) is 9.89. The Bertz CT molecular complexity index is 843. The van der Waals surface area contributed by atoms with Crippen LogP contribution in [0.2, 0.25) is 5.82 Å². The summed E-state index contributed by atoms with van der Waals surface area (Å²) in [6.45, 7) is 0.316. The van der Waals surface area contributed by atoms with Gasteiger partial charge in [-0.25, -0.2) is 4.79 Å². The predicted octanol–water partition coefficient (Wildman–Crippen LogP) is 0.293. The highest BCUT2D eigenvalue weighted by Gasteiger charge is 2.26. The van der Waals surface area contributed by atoms with Crippen LogP contribution in [-0.4, -0.2) is 45.8 Å². The molecule has 0 aliphatic rings. The minimum atomic E-state index is -1.76. The molecule has 2 aromatic rings. The van der Waals surface area contributed by atoms with Crippen molar-refractivity contribution >= 4 is 19.0 Å². The average Bonchev–Trinajstić information content (AvgIpc) is 2.65. The molecule has 1 amide bonds. The number of carbonyl (C=O) groups is 2. The molecule has 0 saturated heterocycles. The largest absolute Gasteiger partial charge is 0.507 e. The monoisotopic (exact) mass is 386 g/mol. The molecule has 0 aliphatic carbocycles. The number of amides is 1. The van der Waals surface area contributed by atoms with Gasteiger partial charge in [0.25, 0.3) is 0 Å². The molecule has 0 fully saturated rings. The van der Waals surface area contributed by atoms with Gasteiger partial charge in [-0.15, -0.1) is 0 Å². The van der Waals surface area contributed by atoms with Crippen molar-refractivity contribution < 1.29 is 29.9 Å². The molecule has 0 spiro atoms. The normalized spacial score (nSPS) is 11.7. The van der Waals surface area contributed by atoms with Gasteiger partial charge in [0.15, 0.2) is 0 Å². The van der Waals surface area contributed by atoms with Crippen LogP contribution in [0.3, 0.4) is 0 Å². The van der Waals surface area contributed by atoms with E-state index in [4.69, 9.17) is 10.8 Å². The molecule has 148 valence electrons. The van der Waals surface area contributed by atoms with E-state index in [0.29, 0.717) is 6.54 Å². The summed E-state index contributed by atoms with van der Waals surface area (Å²) in [5, 5.41) is 41.0. The number of carboxylic acids is 1. The SMILES string of the molecule is NCc1cccc(CC(=O)NC[C@@H](Cc2cccc(C(=O)O)c2O)B(O)O)c1. The van der Waals surface area contributed by atoms with Gasteiger partial charge in [0, 0.05) is 18.9 Å². The zero-order chi connectivity index (χ0) is 20.7. The van der Waals surface area contributed by atoms with E-state index in [2.05, 4.69) is 5.32 Å². The summed E-state index contributed by atoms with van der Waals surface area (Å²) >= 11 is 0. The highest BCUT2D eigenvalue weighted by Crippen LogP contribution is 2.27. The molecule has 0 bridgehead atoms. The molecule has 2 rings (SSSR count). The van der Waals surface area contributed by atoms with Crippen molar-refractivity contribution in [2.24, 2.45) is 5.73 Å². The van der Waals surface area contributed by atoms with Crippen molar-refractivity contribution in [1.29, 1.82) is 0 Å². The summed E-state index contributed by atoms with van der Waals surface area (Å²) in [5.41, 5.74) is 7.26. The molecule has 0 aliphatic heterocycles. The molecule has 0 heterocycles. The Hall–Kier alpha value is -2.88. The van der Waals surface area contributed by atoms with Crippen LogP contribution in [0.25, 0.3) is 0 Å². The number of nitrogens with one attached hydrogen (secondary N) is 1. The Balaban J connectivity index is 2.00. The Morgan fingerprint density at radius 2 is 1.79 bits per heavy atom. The number of aromatic hydroxyl groups is 1. The highest BCUT2D eigenvalue weighted by atomic mass is 16.4. The summed E-state index contributed by atoms with van der Waals surface area (Å²) in [5.74, 6) is -2.84. The fourth-order valence-electron chi connectivity index (χ4n) is 2.85. The number of aromatic carboxylic acids is 1. The van der Waals surface area contributed by atoms with Crippen LogP contribution in [0.5, 0.6) is 5.75 Å². The summed E-state index contributed by atoms with van der Waals surface area (Å²) < 4.78 is 0. The Labute approximate surface area is 162 Å². The number of rotatable bonds is 9. The van der Waals surface area contributed by atoms with Gasteiger partial charge in [0.05, 0.1) is 6.42 Å². The fraction of sp³-hybridized carbons (Fsp3) is 0.263. The smallest absolute Gasteiger partial charge is 0.456 e. The number of benzene rings is 2. The predicted molar refractivity (Wildman–Crippen MR) is 104 cm³/mol. The first kappa shape index (κ1) is 21.4. The third kappa shape index (κ3) is 5.81. The third-order valence-corrected chi connectivity index (χ3v) is 4.41. The lowest BCUT2D eigenvalue weighted by Crippen LogP contribution is -2.35. The van der Waals surface area contributed by atoms with Crippen LogP contribution < -0.4 is 11.1 Å². The molecule has 9 heteroatoms. The Morgan fingerprint density at radius 3 is 2.43 bits per heavy atom. The number of para-hydroxylation sites is 1. The minimum absolute atomic E-state index is 0.0203. The molecular weight excluding hydrogens is 363 g/mol. The average molecular weight is 386 g/mol. The second-order valence-corrected chi connectivity index (χ2v) is 6.50. The quantitative estimate of drug-likeness (QED) is 0.339. The highest BCUT2D eigenvalue weighted by molar-refractivity contribution is 6.43. The maximum Gasteiger partial charge on any atom is 0.456 e. The molecule has 28 heavy (non-hydrogen) atoms. The van der Waals surface area contributed by atoms with Crippen molar-refractivity contribution in [2.75, 3.05) is 6.54 Å². The lowest BCUT2D eigenvalue weighted by atomic mass is 9.69. The van der Waals surface area contributed by atoms with E-state index < -0.39 is 24.7 Å². The standard InChI is InChI=1S/C19H23BN2O6/c21-10-13-4-1-3-12(7-13)8-17(23)22-11-15(20(27)28)9-14-5-2-6-16(18(14)24)19(25)26/h1-7,15,24,27-28H,8-11,21H2,(H,22,23)(H,25,26)/t15-/m1/s1. The zero-order valence-electron chi connectivity index (χ0n) is 15.2. The van der Waals surface area contributed by atoms with E-state index in [-0.39, 0.29) is 36.4 Å². The summed E-state index contributed by atoms with van der Waals surface area (Å²) in [4.78, 5) is 23.3. The van der Waals surface area contributed by atoms with Crippen LogP contribution >= 0.6 is 0 Å². The van der Waals surface area contributed by atoms with Crippen molar-refractivity contribution in [1.82, 2.24) is 5.32 Å². The molecular formula is C19H23BN2O6. The number of nitrogens with two attached hydrogens (primary N) is 1. The lowest BCUT2D eigenvalue weighted by molar-refractivity contribution is -0.120. The molecule has 8 nitrogen and oxygen atoms in total. The van der Waals surface area contributed by atoms with Gasteiger partial charge in [-0.2, -0.15) is 0 Å². The van der Waals surface area contributed by atoms with Crippen LogP contribution in [0, 0.1) is 0 Å². The van der Waals surface area contributed by atoms with Crippen molar-refractivity contribution in [2.45, 2.75) is 25.2 Å². The first-order valence-electron chi connectivity index (χ1n) is 8.76. The lowest BCUT2D eigenvalue weighted by Gasteiger charge is -2.18. The van der Waals surface area contributed by atoms with Gasteiger partial charge in [-0.05, 0) is 29.2 Å². The van der Waals surface area contributed by atoms with Crippen LogP contribution in [-0.2, 0) is 24.2 Å². The number of hydrogen-bond donors (Lipinski definition) is 6. The van der Waals surface area contributed by atoms with Gasteiger partial charge < -0.3 is 31.3 Å². The van der Waals surface area contributed by atoms with Gasteiger partial charge in [0.1, 0.15) is 11.3 Å². The maximum absolute atomic E-state index is 12.2. The Morgan fingerprint density at radius 1 is 1.11 bits per heavy atom. The first-order chi connectivity index (χ1) is 13.3. The van der Waals surface area contributed by atoms with E-state index in [1.807, 2.05) is 18.2 Å². The molecule has 1 atom stereocenters. The number of carboxylic acid groups (broad SMARTS) is 1. The maximum atomic E-state index is 12.2. The molecule has 0 radical (unpaired) electrons. The van der Waals surface area contributed by atoms with E-state index in [1.54, 1.807) is 6.07 Å². The topological polar surface area (TPSA) is 153 Å². The van der Waals surface area contributed by atoms with Crippen LogP contribution in [0.4, 0.5) is 0 Å². The van der Waals surface area contributed by atoms with Gasteiger partial charge in [0.2, 0.25) is 5.91 Å². The van der Waals surface area contributed by atoms with Crippen molar-refractivity contribution in [3.63, 3.8) is 0 Å². The molecule has 7 N–H and O–H groups in total. The summed E-state index contributed by atoms with van der Waals surface area (Å²) in [7, 11) is -1.76. The van der Waals surface area contributed by atoms with Crippen molar-refractivity contribution in [3.8, 4) is 5.75 Å². The minimum Gasteiger partial charge on any atom is -0.507 e. The number of phenols is 1. The summed E-state index contributed by atoms with van der Waals surface area (Å²) in [6.07, 6.45) is 0.0927. The van der Waals surface area contributed by atoms with Crippen LogP contribution in [0.1, 0.15) is 27.0 Å². The first-order valence-corrected chi connectivity index (χ1v) is 8.76. The van der Waals surface area contributed by atoms with Gasteiger partial charge >= 0.3 is 13.1 Å². The molecule has 0 unspecified atom stereocenters. The van der Waals surface area contributed by atoms with E-state index in [0.717, 1.165) is 11.1 Å². The number of carbonyl (C=O) groups excluding carboxylic acids is 1. The zero-order valence-corrected chi connectivity index (χ0v) is 15.2. The second-order valence-electron chi connectivity index (χ2n) is 6.50. The third-order valence-electron chi connectivity index (χ3n) is 4.41. The van der Waals surface area contributed by atoms with Crippen LogP contribution in [0.15, 0.2) is 42.5 Å². The van der Waals surface area contributed by atoms with Crippen molar-refractivity contribution in [3.05, 3.63) is 64.7 Å². The number of hydrogen-bond acceptors (Lipinski definition) is 6. The summed E-state index contributed by atoms with van der Waals surface area (Å²) in [6, 6.07) is 11.5. The molecule has 2 aromatic carbocycles. The van der Waals surface area contributed by atoms with E-state index in [1.165, 1.54) is 18.2 Å². The molecule has 0 saturated carbocycles. The van der Waals surface area contributed by atoms with Gasteiger partial charge in [-0.1, -0.05) is 36.4 Å². The fourth-order valence-corrected chi connectivity index (χ4v) is 2.85. The van der Waals surface area contributed by atoms with Gasteiger partial charge in [-0.3, -0.25) is 4.79 Å². The van der Waals surface area contributed by atoms with E-state index in [9.17, 15) is 24.7 Å². The Kier molecular flexibility index (Phi) is 7.56. The molecule has 0 aromatic heterocycles. The van der Waals surface area contributed by atoms with E-state index >= 15 is 0 Å².